The van der Waals surface area contributed by atoms with Gasteiger partial charge in [-0.15, -0.1) is 0 Å². The standard InChI is InChI=1S/C19H22N2O2/c1-13-5-8-16(9-6-13)11-18(22)20-12-19(23)21-17-10-14(2)4-7-15(17)3/h4-10H,11-12H2,1-3H3,(H,20,22)(H,21,23). The third-order valence-corrected chi connectivity index (χ3v) is 3.60. The topological polar surface area (TPSA) is 58.2 Å². The van der Waals surface area contributed by atoms with Gasteiger partial charge in [-0.25, -0.2) is 0 Å². The molecule has 0 aromatic heterocycles. The second-order valence-corrected chi connectivity index (χ2v) is 5.81. The molecular formula is C19H22N2O2. The molecule has 0 atom stereocenters. The first-order chi connectivity index (χ1) is 10.9. The number of aryl methyl sites for hydroxylation is 3. The van der Waals surface area contributed by atoms with Crippen molar-refractivity contribution in [3.63, 3.8) is 0 Å². The normalized spacial score (nSPS) is 10.2. The highest BCUT2D eigenvalue weighted by Crippen LogP contribution is 2.15. The Morgan fingerprint density at radius 2 is 1.52 bits per heavy atom. The van der Waals surface area contributed by atoms with Gasteiger partial charge in [-0.3, -0.25) is 9.59 Å². The number of carbonyl (C=O) groups excluding carboxylic acids is 2. The maximum atomic E-state index is 12.0. The van der Waals surface area contributed by atoms with E-state index >= 15 is 0 Å². The van der Waals surface area contributed by atoms with Crippen molar-refractivity contribution >= 4 is 17.5 Å². The zero-order valence-electron chi connectivity index (χ0n) is 13.8. The fraction of sp³-hybridized carbons (Fsp3) is 0.263. The van der Waals surface area contributed by atoms with Gasteiger partial charge in [-0.1, -0.05) is 42.0 Å². The third kappa shape index (κ3) is 5.25. The van der Waals surface area contributed by atoms with Gasteiger partial charge < -0.3 is 10.6 Å². The average molecular weight is 310 g/mol. The van der Waals surface area contributed by atoms with E-state index < -0.39 is 0 Å². The van der Waals surface area contributed by atoms with E-state index in [1.165, 1.54) is 0 Å². The van der Waals surface area contributed by atoms with Gasteiger partial charge in [0.05, 0.1) is 13.0 Å². The Morgan fingerprint density at radius 1 is 0.870 bits per heavy atom. The first kappa shape index (κ1) is 16.7. The first-order valence-corrected chi connectivity index (χ1v) is 7.63. The van der Waals surface area contributed by atoms with Crippen LogP contribution in [0.1, 0.15) is 22.3 Å². The summed E-state index contributed by atoms with van der Waals surface area (Å²) >= 11 is 0. The molecule has 0 saturated heterocycles. The Bertz CT molecular complexity index is 706. The molecule has 0 aliphatic heterocycles. The van der Waals surface area contributed by atoms with Crippen molar-refractivity contribution in [2.75, 3.05) is 11.9 Å². The number of rotatable bonds is 5. The number of benzene rings is 2. The lowest BCUT2D eigenvalue weighted by Crippen LogP contribution is -2.33. The highest BCUT2D eigenvalue weighted by molar-refractivity contribution is 5.95. The molecule has 0 saturated carbocycles. The van der Waals surface area contributed by atoms with Crippen LogP contribution in [-0.2, 0) is 16.0 Å². The Balaban J connectivity index is 1.83. The lowest BCUT2D eigenvalue weighted by atomic mass is 10.1. The molecule has 0 radical (unpaired) electrons. The first-order valence-electron chi connectivity index (χ1n) is 7.63. The Kier molecular flexibility index (Phi) is 5.52. The van der Waals surface area contributed by atoms with Crippen LogP contribution in [0.4, 0.5) is 5.69 Å². The maximum Gasteiger partial charge on any atom is 0.243 e. The fourth-order valence-electron chi connectivity index (χ4n) is 2.20. The summed E-state index contributed by atoms with van der Waals surface area (Å²) in [6, 6.07) is 13.7. The largest absolute Gasteiger partial charge is 0.347 e. The average Bonchev–Trinajstić information content (AvgIpc) is 2.51. The van der Waals surface area contributed by atoms with E-state index in [9.17, 15) is 9.59 Å². The molecule has 2 aromatic carbocycles. The lowest BCUT2D eigenvalue weighted by molar-refractivity contribution is -0.123. The molecule has 0 spiro atoms. The molecule has 4 heteroatoms. The van der Waals surface area contributed by atoms with Gasteiger partial charge in [0.1, 0.15) is 0 Å². The highest BCUT2D eigenvalue weighted by atomic mass is 16.2. The number of hydrogen-bond acceptors (Lipinski definition) is 2. The van der Waals surface area contributed by atoms with Crippen LogP contribution in [0.5, 0.6) is 0 Å². The van der Waals surface area contributed by atoms with E-state index in [0.29, 0.717) is 0 Å². The van der Waals surface area contributed by atoms with E-state index in [0.717, 1.165) is 27.9 Å². The molecule has 0 aliphatic carbocycles. The van der Waals surface area contributed by atoms with Gasteiger partial charge in [-0.2, -0.15) is 0 Å². The van der Waals surface area contributed by atoms with Crippen molar-refractivity contribution in [1.82, 2.24) is 5.32 Å². The number of amides is 2. The highest BCUT2D eigenvalue weighted by Gasteiger charge is 2.08. The second-order valence-electron chi connectivity index (χ2n) is 5.81. The molecule has 2 rings (SSSR count). The molecule has 0 bridgehead atoms. The van der Waals surface area contributed by atoms with Crippen LogP contribution in [0, 0.1) is 20.8 Å². The third-order valence-electron chi connectivity index (χ3n) is 3.60. The lowest BCUT2D eigenvalue weighted by Gasteiger charge is -2.10. The summed E-state index contributed by atoms with van der Waals surface area (Å²) in [6.45, 7) is 5.88. The van der Waals surface area contributed by atoms with Crippen molar-refractivity contribution in [1.29, 1.82) is 0 Å². The number of anilines is 1. The van der Waals surface area contributed by atoms with Crippen LogP contribution >= 0.6 is 0 Å². The van der Waals surface area contributed by atoms with Crippen LogP contribution in [-0.4, -0.2) is 18.4 Å². The van der Waals surface area contributed by atoms with Crippen LogP contribution in [0.25, 0.3) is 0 Å². The van der Waals surface area contributed by atoms with Crippen molar-refractivity contribution in [3.05, 3.63) is 64.7 Å². The Morgan fingerprint density at radius 3 is 2.22 bits per heavy atom. The van der Waals surface area contributed by atoms with Crippen LogP contribution < -0.4 is 10.6 Å². The van der Waals surface area contributed by atoms with Crippen molar-refractivity contribution in [2.45, 2.75) is 27.2 Å². The molecule has 120 valence electrons. The van der Waals surface area contributed by atoms with Crippen LogP contribution in [0.15, 0.2) is 42.5 Å². The summed E-state index contributed by atoms with van der Waals surface area (Å²) in [6.07, 6.45) is 0.275. The van der Waals surface area contributed by atoms with E-state index in [1.807, 2.05) is 63.2 Å². The van der Waals surface area contributed by atoms with Gasteiger partial charge in [0, 0.05) is 5.69 Å². The van der Waals surface area contributed by atoms with Gasteiger partial charge in [0.25, 0.3) is 0 Å². The quantitative estimate of drug-likeness (QED) is 0.892. The molecular weight excluding hydrogens is 288 g/mol. The SMILES string of the molecule is Cc1ccc(CC(=O)NCC(=O)Nc2cc(C)ccc2C)cc1. The predicted molar refractivity (Wildman–Crippen MR) is 92.4 cm³/mol. The zero-order chi connectivity index (χ0) is 16.8. The summed E-state index contributed by atoms with van der Waals surface area (Å²) in [5.74, 6) is -0.388. The van der Waals surface area contributed by atoms with Gasteiger partial charge >= 0.3 is 0 Å². The zero-order valence-corrected chi connectivity index (χ0v) is 13.8. The summed E-state index contributed by atoms with van der Waals surface area (Å²) in [4.78, 5) is 23.8. The van der Waals surface area contributed by atoms with Gasteiger partial charge in [0.15, 0.2) is 0 Å². The van der Waals surface area contributed by atoms with E-state index in [-0.39, 0.29) is 24.8 Å². The summed E-state index contributed by atoms with van der Waals surface area (Å²) < 4.78 is 0. The van der Waals surface area contributed by atoms with Crippen LogP contribution in [0.2, 0.25) is 0 Å². The van der Waals surface area contributed by atoms with Crippen molar-refractivity contribution in [3.8, 4) is 0 Å². The molecule has 2 aromatic rings. The molecule has 2 N–H and O–H groups in total. The Hall–Kier alpha value is -2.62. The molecule has 4 nitrogen and oxygen atoms in total. The van der Waals surface area contributed by atoms with E-state index in [2.05, 4.69) is 10.6 Å². The molecule has 0 unspecified atom stereocenters. The Labute approximate surface area is 136 Å². The molecule has 0 heterocycles. The predicted octanol–water partition coefficient (Wildman–Crippen LogP) is 2.91. The monoisotopic (exact) mass is 310 g/mol. The summed E-state index contributed by atoms with van der Waals surface area (Å²) in [5, 5.41) is 5.47. The minimum atomic E-state index is -0.226. The smallest absolute Gasteiger partial charge is 0.243 e. The van der Waals surface area contributed by atoms with Gasteiger partial charge in [0.2, 0.25) is 11.8 Å². The van der Waals surface area contributed by atoms with E-state index in [1.54, 1.807) is 0 Å². The minimum Gasteiger partial charge on any atom is -0.347 e. The number of nitrogens with one attached hydrogen (secondary N) is 2. The molecule has 23 heavy (non-hydrogen) atoms. The minimum absolute atomic E-state index is 0.0297. The second kappa shape index (κ2) is 7.58. The molecule has 0 aliphatic rings. The van der Waals surface area contributed by atoms with Crippen molar-refractivity contribution < 1.29 is 9.59 Å². The molecule has 0 fully saturated rings. The summed E-state index contributed by atoms with van der Waals surface area (Å²) in [5.41, 5.74) is 4.94. The fourth-order valence-corrected chi connectivity index (χ4v) is 2.20. The van der Waals surface area contributed by atoms with Crippen molar-refractivity contribution in [2.24, 2.45) is 0 Å². The number of hydrogen-bond donors (Lipinski definition) is 2. The van der Waals surface area contributed by atoms with Gasteiger partial charge in [-0.05, 0) is 43.5 Å². The van der Waals surface area contributed by atoms with Crippen LogP contribution in [0.3, 0.4) is 0 Å². The molecule has 2 amide bonds. The van der Waals surface area contributed by atoms with E-state index in [4.69, 9.17) is 0 Å². The number of carbonyl (C=O) groups is 2. The maximum absolute atomic E-state index is 12.0. The summed E-state index contributed by atoms with van der Waals surface area (Å²) in [7, 11) is 0.